The molecule has 3 rings (SSSR count). The van der Waals surface area contributed by atoms with Crippen LogP contribution in [0.4, 0.5) is 0 Å². The molecule has 1 aliphatic rings. The van der Waals surface area contributed by atoms with Gasteiger partial charge in [-0.05, 0) is 31.4 Å². The van der Waals surface area contributed by atoms with Gasteiger partial charge in [-0.3, -0.25) is 4.99 Å². The number of ether oxygens (including phenoxy) is 1. The summed E-state index contributed by atoms with van der Waals surface area (Å²) in [7, 11) is 3.46. The van der Waals surface area contributed by atoms with E-state index in [0.29, 0.717) is 13.1 Å². The Kier molecular flexibility index (Phi) is 5.53. The van der Waals surface area contributed by atoms with Crippen LogP contribution >= 0.6 is 0 Å². The molecule has 0 bridgehead atoms. The number of benzene rings is 1. The maximum atomic E-state index is 5.45. The van der Waals surface area contributed by atoms with Crippen LogP contribution in [0.3, 0.4) is 0 Å². The standard InChI is InChI=1S/C18H26N6O/c1-13-7-8-14(15(10-13)25-3)11-20-18(19-2)21-12-17-23-22-16-6-4-5-9-24(16)17/h7-8,10H,4-6,9,11-12H2,1-3H3,(H2,19,20,21). The fraction of sp³-hybridized carbons (Fsp3) is 0.500. The molecular formula is C18H26N6O. The van der Waals surface area contributed by atoms with Gasteiger partial charge >= 0.3 is 0 Å². The highest BCUT2D eigenvalue weighted by Gasteiger charge is 2.15. The largest absolute Gasteiger partial charge is 0.496 e. The summed E-state index contributed by atoms with van der Waals surface area (Å²) in [6.07, 6.45) is 3.42. The fourth-order valence-corrected chi connectivity index (χ4v) is 3.06. The van der Waals surface area contributed by atoms with E-state index in [1.807, 2.05) is 6.07 Å². The lowest BCUT2D eigenvalue weighted by Crippen LogP contribution is -2.37. The van der Waals surface area contributed by atoms with Gasteiger partial charge in [0, 0.05) is 32.1 Å². The lowest BCUT2D eigenvalue weighted by atomic mass is 10.1. The van der Waals surface area contributed by atoms with E-state index in [-0.39, 0.29) is 0 Å². The maximum Gasteiger partial charge on any atom is 0.191 e. The lowest BCUT2D eigenvalue weighted by Gasteiger charge is -2.16. The van der Waals surface area contributed by atoms with Crippen LogP contribution in [-0.2, 0) is 26.1 Å². The predicted molar refractivity (Wildman–Crippen MR) is 97.7 cm³/mol. The molecule has 0 atom stereocenters. The molecule has 2 aromatic rings. The van der Waals surface area contributed by atoms with E-state index in [9.17, 15) is 0 Å². The number of rotatable bonds is 5. The monoisotopic (exact) mass is 342 g/mol. The number of guanidine groups is 1. The first-order chi connectivity index (χ1) is 12.2. The minimum Gasteiger partial charge on any atom is -0.496 e. The van der Waals surface area contributed by atoms with Crippen LogP contribution in [-0.4, -0.2) is 34.9 Å². The number of hydrogen-bond donors (Lipinski definition) is 2. The summed E-state index contributed by atoms with van der Waals surface area (Å²) >= 11 is 0. The van der Waals surface area contributed by atoms with Crippen molar-refractivity contribution in [1.82, 2.24) is 25.4 Å². The Balaban J connectivity index is 1.58. The van der Waals surface area contributed by atoms with E-state index >= 15 is 0 Å². The zero-order chi connectivity index (χ0) is 17.6. The summed E-state index contributed by atoms with van der Waals surface area (Å²) in [5.74, 6) is 3.67. The van der Waals surface area contributed by atoms with Crippen molar-refractivity contribution in [2.45, 2.75) is 45.8 Å². The summed E-state index contributed by atoms with van der Waals surface area (Å²) in [5.41, 5.74) is 2.27. The molecule has 0 unspecified atom stereocenters. The molecule has 1 aliphatic heterocycles. The highest BCUT2D eigenvalue weighted by Crippen LogP contribution is 2.19. The molecular weight excluding hydrogens is 316 g/mol. The first-order valence-electron chi connectivity index (χ1n) is 8.70. The highest BCUT2D eigenvalue weighted by molar-refractivity contribution is 5.79. The third kappa shape index (κ3) is 4.10. The van der Waals surface area contributed by atoms with Gasteiger partial charge in [-0.15, -0.1) is 10.2 Å². The lowest BCUT2D eigenvalue weighted by molar-refractivity contribution is 0.408. The maximum absolute atomic E-state index is 5.45. The van der Waals surface area contributed by atoms with E-state index in [2.05, 4.69) is 49.4 Å². The van der Waals surface area contributed by atoms with Gasteiger partial charge in [0.1, 0.15) is 11.6 Å². The summed E-state index contributed by atoms with van der Waals surface area (Å²) in [5, 5.41) is 15.2. The van der Waals surface area contributed by atoms with Crippen LogP contribution < -0.4 is 15.4 Å². The SMILES string of the molecule is CN=C(NCc1ccc(C)cc1OC)NCc1nnc2n1CCCC2. The normalized spacial score (nSPS) is 14.1. The van der Waals surface area contributed by atoms with Crippen molar-refractivity contribution in [3.05, 3.63) is 41.0 Å². The second-order valence-electron chi connectivity index (χ2n) is 6.24. The number of nitrogens with one attached hydrogen (secondary N) is 2. The Morgan fingerprint density at radius 2 is 2.08 bits per heavy atom. The van der Waals surface area contributed by atoms with E-state index in [4.69, 9.17) is 4.74 Å². The molecule has 2 N–H and O–H groups in total. The molecule has 134 valence electrons. The Morgan fingerprint density at radius 1 is 1.24 bits per heavy atom. The van der Waals surface area contributed by atoms with Gasteiger partial charge in [-0.25, -0.2) is 0 Å². The van der Waals surface area contributed by atoms with Gasteiger partial charge in [0.15, 0.2) is 11.8 Å². The van der Waals surface area contributed by atoms with Crippen LogP contribution in [0.1, 0.15) is 35.6 Å². The summed E-state index contributed by atoms with van der Waals surface area (Å²) in [6.45, 7) is 4.31. The summed E-state index contributed by atoms with van der Waals surface area (Å²) < 4.78 is 7.67. The zero-order valence-corrected chi connectivity index (χ0v) is 15.2. The Labute approximate surface area is 148 Å². The van der Waals surface area contributed by atoms with E-state index < -0.39 is 0 Å². The van der Waals surface area contributed by atoms with Crippen LogP contribution in [0.5, 0.6) is 5.75 Å². The highest BCUT2D eigenvalue weighted by atomic mass is 16.5. The van der Waals surface area contributed by atoms with Crippen molar-refractivity contribution in [3.8, 4) is 5.75 Å². The van der Waals surface area contributed by atoms with Crippen molar-refractivity contribution in [1.29, 1.82) is 0 Å². The van der Waals surface area contributed by atoms with E-state index in [1.54, 1.807) is 14.2 Å². The molecule has 7 heteroatoms. The topological polar surface area (TPSA) is 76.4 Å². The number of aryl methyl sites for hydroxylation is 2. The van der Waals surface area contributed by atoms with Gasteiger partial charge in [0.2, 0.25) is 0 Å². The van der Waals surface area contributed by atoms with Crippen LogP contribution in [0.2, 0.25) is 0 Å². The van der Waals surface area contributed by atoms with Crippen molar-refractivity contribution < 1.29 is 4.74 Å². The average Bonchev–Trinajstić information content (AvgIpc) is 3.06. The minimum absolute atomic E-state index is 0.609. The third-order valence-electron chi connectivity index (χ3n) is 4.46. The molecule has 25 heavy (non-hydrogen) atoms. The van der Waals surface area contributed by atoms with E-state index in [1.165, 1.54) is 18.4 Å². The van der Waals surface area contributed by atoms with Gasteiger partial charge in [0.05, 0.1) is 13.7 Å². The third-order valence-corrected chi connectivity index (χ3v) is 4.46. The fourth-order valence-electron chi connectivity index (χ4n) is 3.06. The number of aromatic nitrogens is 3. The number of fused-ring (bicyclic) bond motifs is 1. The van der Waals surface area contributed by atoms with Gasteiger partial charge in [-0.2, -0.15) is 0 Å². The molecule has 2 heterocycles. The first-order valence-corrected chi connectivity index (χ1v) is 8.70. The van der Waals surface area contributed by atoms with Gasteiger partial charge in [0.25, 0.3) is 0 Å². The zero-order valence-electron chi connectivity index (χ0n) is 15.2. The van der Waals surface area contributed by atoms with E-state index in [0.717, 1.165) is 41.9 Å². The molecule has 0 amide bonds. The Hall–Kier alpha value is -2.57. The molecule has 7 nitrogen and oxygen atoms in total. The molecule has 0 fully saturated rings. The van der Waals surface area contributed by atoms with Crippen LogP contribution in [0.25, 0.3) is 0 Å². The molecule has 0 saturated carbocycles. The molecule has 1 aromatic heterocycles. The Bertz CT molecular complexity index is 752. The minimum atomic E-state index is 0.609. The van der Waals surface area contributed by atoms with Crippen LogP contribution in [0.15, 0.2) is 23.2 Å². The molecule has 1 aromatic carbocycles. The number of methoxy groups -OCH3 is 1. The second-order valence-corrected chi connectivity index (χ2v) is 6.24. The molecule has 0 spiro atoms. The predicted octanol–water partition coefficient (Wildman–Crippen LogP) is 1.80. The smallest absolute Gasteiger partial charge is 0.191 e. The van der Waals surface area contributed by atoms with Gasteiger partial charge < -0.3 is 19.9 Å². The van der Waals surface area contributed by atoms with Crippen molar-refractivity contribution in [2.75, 3.05) is 14.2 Å². The first kappa shape index (κ1) is 17.3. The summed E-state index contributed by atoms with van der Waals surface area (Å²) in [6, 6.07) is 6.19. The number of nitrogens with zero attached hydrogens (tertiary/aromatic N) is 4. The molecule has 0 aliphatic carbocycles. The average molecular weight is 342 g/mol. The number of hydrogen-bond acceptors (Lipinski definition) is 4. The second kappa shape index (κ2) is 8.00. The molecule has 0 saturated heterocycles. The summed E-state index contributed by atoms with van der Waals surface area (Å²) in [4.78, 5) is 4.28. The van der Waals surface area contributed by atoms with Crippen molar-refractivity contribution in [3.63, 3.8) is 0 Å². The molecule has 0 radical (unpaired) electrons. The van der Waals surface area contributed by atoms with Crippen molar-refractivity contribution in [2.24, 2.45) is 4.99 Å². The van der Waals surface area contributed by atoms with Crippen LogP contribution in [0, 0.1) is 6.92 Å². The van der Waals surface area contributed by atoms with Gasteiger partial charge in [-0.1, -0.05) is 12.1 Å². The quantitative estimate of drug-likeness (QED) is 0.640. The van der Waals surface area contributed by atoms with Crippen molar-refractivity contribution >= 4 is 5.96 Å². The number of aliphatic imine (C=N–C) groups is 1. The Morgan fingerprint density at radius 3 is 2.88 bits per heavy atom.